The third kappa shape index (κ3) is 6.01. The molecule has 0 N–H and O–H groups in total. The van der Waals surface area contributed by atoms with Crippen molar-refractivity contribution in [1.82, 2.24) is 0 Å². The van der Waals surface area contributed by atoms with Crippen LogP contribution in [0, 0.1) is 29.1 Å². The Morgan fingerprint density at radius 1 is 1.13 bits per heavy atom. The first-order valence-corrected chi connectivity index (χ1v) is 9.49. The predicted octanol–water partition coefficient (Wildman–Crippen LogP) is 5.16. The smallest absolute Gasteiger partial charge is 0.309 e. The summed E-state index contributed by atoms with van der Waals surface area (Å²) < 4.78 is 5.79. The number of hydrogen-bond acceptors (Lipinski definition) is 3. The SMILES string of the molecule is CCCCC1CCC(OC(=O)C2CCC(/C=C/C#N)CC2)CC1. The summed E-state index contributed by atoms with van der Waals surface area (Å²) in [6.07, 6.45) is 16.1. The van der Waals surface area contributed by atoms with Gasteiger partial charge in [0.15, 0.2) is 0 Å². The van der Waals surface area contributed by atoms with Crippen molar-refractivity contribution in [3.8, 4) is 6.07 Å². The van der Waals surface area contributed by atoms with E-state index in [1.54, 1.807) is 6.08 Å². The summed E-state index contributed by atoms with van der Waals surface area (Å²) >= 11 is 0. The van der Waals surface area contributed by atoms with Crippen molar-refractivity contribution >= 4 is 5.97 Å². The first-order chi connectivity index (χ1) is 11.2. The number of carbonyl (C=O) groups is 1. The third-order valence-corrected chi connectivity index (χ3v) is 5.59. The minimum atomic E-state index is 0.0321. The van der Waals surface area contributed by atoms with Crippen molar-refractivity contribution in [3.05, 3.63) is 12.2 Å². The van der Waals surface area contributed by atoms with Crippen molar-refractivity contribution in [2.24, 2.45) is 17.8 Å². The molecule has 2 saturated carbocycles. The van der Waals surface area contributed by atoms with E-state index in [1.165, 1.54) is 32.1 Å². The molecule has 0 atom stereocenters. The lowest BCUT2D eigenvalue weighted by molar-refractivity contribution is -0.157. The molecule has 3 nitrogen and oxygen atoms in total. The van der Waals surface area contributed by atoms with Gasteiger partial charge in [-0.25, -0.2) is 0 Å². The number of nitrogens with zero attached hydrogens (tertiary/aromatic N) is 1. The normalized spacial score (nSPS) is 31.7. The highest BCUT2D eigenvalue weighted by Gasteiger charge is 2.30. The Morgan fingerprint density at radius 3 is 2.43 bits per heavy atom. The summed E-state index contributed by atoms with van der Waals surface area (Å²) in [5.41, 5.74) is 0. The van der Waals surface area contributed by atoms with Gasteiger partial charge in [0.25, 0.3) is 0 Å². The van der Waals surface area contributed by atoms with Crippen molar-refractivity contribution in [3.63, 3.8) is 0 Å². The van der Waals surface area contributed by atoms with E-state index in [1.807, 2.05) is 12.1 Å². The Balaban J connectivity index is 1.66. The fourth-order valence-corrected chi connectivity index (χ4v) is 4.02. The van der Waals surface area contributed by atoms with Crippen LogP contribution in [0.5, 0.6) is 0 Å². The van der Waals surface area contributed by atoms with Gasteiger partial charge in [-0.15, -0.1) is 0 Å². The number of esters is 1. The van der Waals surface area contributed by atoms with Crippen LogP contribution >= 0.6 is 0 Å². The highest BCUT2D eigenvalue weighted by atomic mass is 16.5. The first kappa shape index (κ1) is 18.0. The molecular weight excluding hydrogens is 286 g/mol. The number of nitriles is 1. The topological polar surface area (TPSA) is 50.1 Å². The minimum absolute atomic E-state index is 0.0321. The molecule has 23 heavy (non-hydrogen) atoms. The van der Waals surface area contributed by atoms with Crippen LogP contribution in [0.15, 0.2) is 12.2 Å². The van der Waals surface area contributed by atoms with Crippen LogP contribution in [0.3, 0.4) is 0 Å². The summed E-state index contributed by atoms with van der Waals surface area (Å²) in [6.45, 7) is 2.25. The second kappa shape index (κ2) is 9.75. The zero-order valence-corrected chi connectivity index (χ0v) is 14.5. The van der Waals surface area contributed by atoms with E-state index >= 15 is 0 Å². The molecule has 0 aliphatic heterocycles. The van der Waals surface area contributed by atoms with E-state index in [-0.39, 0.29) is 18.0 Å². The van der Waals surface area contributed by atoms with E-state index in [9.17, 15) is 4.79 Å². The second-order valence-electron chi connectivity index (χ2n) is 7.32. The molecule has 2 aliphatic carbocycles. The quantitative estimate of drug-likeness (QED) is 0.502. The number of unbranched alkanes of at least 4 members (excludes halogenated alkanes) is 1. The molecule has 2 rings (SSSR count). The van der Waals surface area contributed by atoms with Gasteiger partial charge < -0.3 is 4.74 Å². The molecule has 0 aromatic rings. The molecule has 3 heteroatoms. The van der Waals surface area contributed by atoms with Crippen molar-refractivity contribution in [2.45, 2.75) is 83.7 Å². The molecule has 0 aromatic carbocycles. The summed E-state index contributed by atoms with van der Waals surface area (Å²) in [5, 5.41) is 8.57. The Hall–Kier alpha value is -1.30. The maximum absolute atomic E-state index is 12.3. The van der Waals surface area contributed by atoms with Gasteiger partial charge in [-0.3, -0.25) is 4.79 Å². The lowest BCUT2D eigenvalue weighted by Crippen LogP contribution is -2.30. The fourth-order valence-electron chi connectivity index (χ4n) is 4.02. The molecule has 2 aliphatic rings. The molecule has 0 heterocycles. The molecule has 0 saturated heterocycles. The zero-order chi connectivity index (χ0) is 16.5. The summed E-state index contributed by atoms with van der Waals surface area (Å²) in [6, 6.07) is 2.05. The van der Waals surface area contributed by atoms with Gasteiger partial charge >= 0.3 is 5.97 Å². The predicted molar refractivity (Wildman–Crippen MR) is 91.6 cm³/mol. The van der Waals surface area contributed by atoms with Gasteiger partial charge in [-0.05, 0) is 63.2 Å². The van der Waals surface area contributed by atoms with Crippen molar-refractivity contribution in [2.75, 3.05) is 0 Å². The summed E-state index contributed by atoms with van der Waals surface area (Å²) in [5.74, 6) is 1.43. The van der Waals surface area contributed by atoms with Gasteiger partial charge in [-0.2, -0.15) is 5.26 Å². The van der Waals surface area contributed by atoms with E-state index in [0.29, 0.717) is 5.92 Å². The van der Waals surface area contributed by atoms with Crippen LogP contribution in [0.25, 0.3) is 0 Å². The molecule has 0 amide bonds. The number of hydrogen-bond donors (Lipinski definition) is 0. The second-order valence-corrected chi connectivity index (χ2v) is 7.32. The monoisotopic (exact) mass is 317 g/mol. The highest BCUT2D eigenvalue weighted by Crippen LogP contribution is 2.33. The Labute approximate surface area is 141 Å². The number of allylic oxidation sites excluding steroid dienone is 2. The molecule has 0 spiro atoms. The molecule has 0 aromatic heterocycles. The van der Waals surface area contributed by atoms with Gasteiger partial charge in [0.1, 0.15) is 6.10 Å². The Morgan fingerprint density at radius 2 is 1.83 bits per heavy atom. The van der Waals surface area contributed by atoms with Crippen LogP contribution in [-0.4, -0.2) is 12.1 Å². The van der Waals surface area contributed by atoms with E-state index < -0.39 is 0 Å². The maximum atomic E-state index is 12.3. The van der Waals surface area contributed by atoms with E-state index in [2.05, 4.69) is 6.92 Å². The van der Waals surface area contributed by atoms with Crippen LogP contribution in [0.1, 0.15) is 77.6 Å². The van der Waals surface area contributed by atoms with Gasteiger partial charge in [0.05, 0.1) is 12.0 Å². The minimum Gasteiger partial charge on any atom is -0.462 e. The number of carbonyl (C=O) groups excluding carboxylic acids is 1. The Kier molecular flexibility index (Phi) is 7.65. The molecule has 0 unspecified atom stereocenters. The highest BCUT2D eigenvalue weighted by molar-refractivity contribution is 5.72. The molecule has 2 fully saturated rings. The molecular formula is C20H31NO2. The summed E-state index contributed by atoms with van der Waals surface area (Å²) in [4.78, 5) is 12.3. The lowest BCUT2D eigenvalue weighted by atomic mass is 9.81. The van der Waals surface area contributed by atoms with Crippen molar-refractivity contribution in [1.29, 1.82) is 5.26 Å². The number of ether oxygens (including phenoxy) is 1. The molecule has 128 valence electrons. The van der Waals surface area contributed by atoms with E-state index in [0.717, 1.165) is 44.4 Å². The molecule has 0 bridgehead atoms. The standard InChI is InChI=1S/C20H31NO2/c1-2-3-5-16-9-13-19(14-10-16)23-20(22)18-11-7-17(8-12-18)6-4-15-21/h4,6,16-19H,2-3,5,7-14H2,1H3/b6-4+. The van der Waals surface area contributed by atoms with Crippen LogP contribution < -0.4 is 0 Å². The fraction of sp³-hybridized carbons (Fsp3) is 0.800. The van der Waals surface area contributed by atoms with Crippen LogP contribution in [0.2, 0.25) is 0 Å². The van der Waals surface area contributed by atoms with Gasteiger partial charge in [0, 0.05) is 6.08 Å². The number of rotatable bonds is 6. The summed E-state index contributed by atoms with van der Waals surface area (Å²) in [7, 11) is 0. The van der Waals surface area contributed by atoms with Crippen molar-refractivity contribution < 1.29 is 9.53 Å². The zero-order valence-electron chi connectivity index (χ0n) is 14.5. The average molecular weight is 317 g/mol. The van der Waals surface area contributed by atoms with E-state index in [4.69, 9.17) is 10.00 Å². The maximum Gasteiger partial charge on any atom is 0.309 e. The van der Waals surface area contributed by atoms with Gasteiger partial charge in [0.2, 0.25) is 0 Å². The van der Waals surface area contributed by atoms with Crippen LogP contribution in [0.4, 0.5) is 0 Å². The van der Waals surface area contributed by atoms with Gasteiger partial charge in [-0.1, -0.05) is 32.3 Å². The third-order valence-electron chi connectivity index (χ3n) is 5.59. The lowest BCUT2D eigenvalue weighted by Gasteiger charge is -2.31. The first-order valence-electron chi connectivity index (χ1n) is 9.49. The Bertz CT molecular complexity index is 421. The molecule has 0 radical (unpaired) electrons. The largest absolute Gasteiger partial charge is 0.462 e. The average Bonchev–Trinajstić information content (AvgIpc) is 2.59. The van der Waals surface area contributed by atoms with Crippen LogP contribution in [-0.2, 0) is 9.53 Å².